The van der Waals surface area contributed by atoms with E-state index >= 15 is 0 Å². The van der Waals surface area contributed by atoms with Gasteiger partial charge in [-0.05, 0) is 19.4 Å². The topological polar surface area (TPSA) is 32.9 Å². The molecule has 2 nitrogen and oxygen atoms in total. The molecule has 0 spiro atoms. The lowest BCUT2D eigenvalue weighted by atomic mass is 10.0. The van der Waals surface area contributed by atoms with Gasteiger partial charge in [-0.2, -0.15) is 0 Å². The number of nitrogens with one attached hydrogen (secondary N) is 1. The van der Waals surface area contributed by atoms with Crippen molar-refractivity contribution in [2.24, 2.45) is 0 Å². The SMILES string of the molecule is Cc1ccc(-c2csc(=O)[nH]2)c(C)c1. The fourth-order valence-corrected chi connectivity index (χ4v) is 2.11. The highest BCUT2D eigenvalue weighted by atomic mass is 32.1. The van der Waals surface area contributed by atoms with E-state index in [1.807, 2.05) is 11.4 Å². The van der Waals surface area contributed by atoms with Crippen LogP contribution in [0.5, 0.6) is 0 Å². The predicted octanol–water partition coefficient (Wildman–Crippen LogP) is 2.72. The third-order valence-electron chi connectivity index (χ3n) is 2.19. The monoisotopic (exact) mass is 205 g/mol. The van der Waals surface area contributed by atoms with Crippen molar-refractivity contribution < 1.29 is 0 Å². The van der Waals surface area contributed by atoms with Crippen LogP contribution < -0.4 is 4.87 Å². The minimum Gasteiger partial charge on any atom is -0.312 e. The summed E-state index contributed by atoms with van der Waals surface area (Å²) in [4.78, 5) is 13.8. The summed E-state index contributed by atoms with van der Waals surface area (Å²) in [6.45, 7) is 4.12. The van der Waals surface area contributed by atoms with Crippen molar-refractivity contribution in [2.75, 3.05) is 0 Å². The van der Waals surface area contributed by atoms with Crippen LogP contribution in [0.15, 0.2) is 28.4 Å². The summed E-state index contributed by atoms with van der Waals surface area (Å²) >= 11 is 1.20. The van der Waals surface area contributed by atoms with Crippen LogP contribution in [0.1, 0.15) is 11.1 Å². The number of aryl methyl sites for hydroxylation is 2. The fourth-order valence-electron chi connectivity index (χ4n) is 1.53. The molecule has 0 radical (unpaired) electrons. The van der Waals surface area contributed by atoms with Crippen molar-refractivity contribution >= 4 is 11.3 Å². The molecule has 0 amide bonds. The Bertz CT molecular complexity index is 510. The molecule has 0 unspecified atom stereocenters. The molecule has 1 N–H and O–H groups in total. The molecule has 0 bridgehead atoms. The zero-order valence-electron chi connectivity index (χ0n) is 8.13. The Hall–Kier alpha value is -1.35. The maximum Gasteiger partial charge on any atom is 0.304 e. The van der Waals surface area contributed by atoms with Crippen molar-refractivity contribution in [3.8, 4) is 11.3 Å². The molecule has 0 aliphatic rings. The third-order valence-corrected chi connectivity index (χ3v) is 2.86. The Labute approximate surface area is 86.2 Å². The molecule has 1 aromatic heterocycles. The maximum atomic E-state index is 11.0. The number of hydrogen-bond acceptors (Lipinski definition) is 2. The first kappa shape index (κ1) is 9.21. The highest BCUT2D eigenvalue weighted by Crippen LogP contribution is 2.22. The van der Waals surface area contributed by atoms with Gasteiger partial charge in [0.1, 0.15) is 0 Å². The summed E-state index contributed by atoms with van der Waals surface area (Å²) in [6, 6.07) is 6.21. The van der Waals surface area contributed by atoms with E-state index in [2.05, 4.69) is 31.0 Å². The molecule has 1 aromatic carbocycles. The number of aromatic nitrogens is 1. The van der Waals surface area contributed by atoms with Crippen molar-refractivity contribution in [3.63, 3.8) is 0 Å². The van der Waals surface area contributed by atoms with E-state index in [-0.39, 0.29) is 4.87 Å². The van der Waals surface area contributed by atoms with Gasteiger partial charge in [0.05, 0.1) is 5.69 Å². The fraction of sp³-hybridized carbons (Fsp3) is 0.182. The van der Waals surface area contributed by atoms with E-state index < -0.39 is 0 Å². The summed E-state index contributed by atoms with van der Waals surface area (Å²) in [7, 11) is 0. The lowest BCUT2D eigenvalue weighted by Crippen LogP contribution is -1.93. The first-order valence-corrected chi connectivity index (χ1v) is 5.30. The van der Waals surface area contributed by atoms with Crippen LogP contribution >= 0.6 is 11.3 Å². The van der Waals surface area contributed by atoms with E-state index in [1.54, 1.807) is 0 Å². The molecule has 72 valence electrons. The molecule has 2 aromatic rings. The molecule has 0 fully saturated rings. The average Bonchev–Trinajstić information content (AvgIpc) is 2.51. The Morgan fingerprint density at radius 2 is 2.07 bits per heavy atom. The molecular formula is C11H11NOS. The Morgan fingerprint density at radius 3 is 2.64 bits per heavy atom. The molecule has 0 aliphatic carbocycles. The van der Waals surface area contributed by atoms with Gasteiger partial charge in [-0.3, -0.25) is 4.79 Å². The zero-order valence-corrected chi connectivity index (χ0v) is 8.94. The summed E-state index contributed by atoms with van der Waals surface area (Å²) in [5.41, 5.74) is 4.45. The van der Waals surface area contributed by atoms with Crippen LogP contribution in [0.3, 0.4) is 0 Å². The zero-order chi connectivity index (χ0) is 10.1. The first-order valence-electron chi connectivity index (χ1n) is 4.42. The van der Waals surface area contributed by atoms with Gasteiger partial charge in [-0.25, -0.2) is 0 Å². The summed E-state index contributed by atoms with van der Waals surface area (Å²) in [5, 5.41) is 1.86. The maximum absolute atomic E-state index is 11.0. The molecule has 0 saturated carbocycles. The van der Waals surface area contributed by atoms with Crippen LogP contribution in [-0.4, -0.2) is 4.98 Å². The molecule has 0 aliphatic heterocycles. The van der Waals surface area contributed by atoms with Gasteiger partial charge in [-0.15, -0.1) is 0 Å². The number of rotatable bonds is 1. The Kier molecular flexibility index (Phi) is 2.25. The van der Waals surface area contributed by atoms with Gasteiger partial charge >= 0.3 is 4.87 Å². The van der Waals surface area contributed by atoms with Gasteiger partial charge in [0.2, 0.25) is 0 Å². The largest absolute Gasteiger partial charge is 0.312 e. The predicted molar refractivity (Wildman–Crippen MR) is 59.8 cm³/mol. The van der Waals surface area contributed by atoms with Crippen LogP contribution in [0, 0.1) is 13.8 Å². The summed E-state index contributed by atoms with van der Waals surface area (Å²) in [6.07, 6.45) is 0. The van der Waals surface area contributed by atoms with Gasteiger partial charge in [0.25, 0.3) is 0 Å². The minimum absolute atomic E-state index is 0.0000231. The Balaban J connectivity index is 2.57. The van der Waals surface area contributed by atoms with Crippen LogP contribution in [0.25, 0.3) is 11.3 Å². The van der Waals surface area contributed by atoms with Gasteiger partial charge in [0, 0.05) is 10.9 Å². The normalized spacial score (nSPS) is 10.4. The lowest BCUT2D eigenvalue weighted by molar-refractivity contribution is 1.31. The van der Waals surface area contributed by atoms with E-state index in [0.717, 1.165) is 11.3 Å². The molecule has 0 saturated heterocycles. The average molecular weight is 205 g/mol. The van der Waals surface area contributed by atoms with Crippen molar-refractivity contribution in [1.29, 1.82) is 0 Å². The number of benzene rings is 1. The molecular weight excluding hydrogens is 194 g/mol. The van der Waals surface area contributed by atoms with Crippen LogP contribution in [-0.2, 0) is 0 Å². The Morgan fingerprint density at radius 1 is 1.29 bits per heavy atom. The molecule has 14 heavy (non-hydrogen) atoms. The quantitative estimate of drug-likeness (QED) is 0.763. The van der Waals surface area contributed by atoms with E-state index in [4.69, 9.17) is 0 Å². The van der Waals surface area contributed by atoms with Gasteiger partial charge < -0.3 is 4.98 Å². The lowest BCUT2D eigenvalue weighted by Gasteiger charge is -2.03. The molecule has 0 atom stereocenters. The number of H-pyrrole nitrogens is 1. The second-order valence-electron chi connectivity index (χ2n) is 3.38. The number of hydrogen-bond donors (Lipinski definition) is 1. The van der Waals surface area contributed by atoms with Crippen LogP contribution in [0.2, 0.25) is 0 Å². The van der Waals surface area contributed by atoms with Crippen molar-refractivity contribution in [3.05, 3.63) is 44.4 Å². The summed E-state index contributed by atoms with van der Waals surface area (Å²) in [5.74, 6) is 0. The second kappa shape index (κ2) is 3.42. The van der Waals surface area contributed by atoms with Crippen LogP contribution in [0.4, 0.5) is 0 Å². The van der Waals surface area contributed by atoms with Crippen molar-refractivity contribution in [2.45, 2.75) is 13.8 Å². The molecule has 3 heteroatoms. The van der Waals surface area contributed by atoms with Gasteiger partial charge in [0.15, 0.2) is 0 Å². The van der Waals surface area contributed by atoms with Gasteiger partial charge in [-0.1, -0.05) is 35.1 Å². The highest BCUT2D eigenvalue weighted by molar-refractivity contribution is 7.07. The smallest absolute Gasteiger partial charge is 0.304 e. The van der Waals surface area contributed by atoms with E-state index in [1.165, 1.54) is 22.5 Å². The molecule has 2 rings (SSSR count). The minimum atomic E-state index is -0.0000231. The molecule has 1 heterocycles. The van der Waals surface area contributed by atoms with E-state index in [9.17, 15) is 4.79 Å². The number of thiazole rings is 1. The van der Waals surface area contributed by atoms with E-state index in [0.29, 0.717) is 0 Å². The summed E-state index contributed by atoms with van der Waals surface area (Å²) < 4.78 is 0. The first-order chi connectivity index (χ1) is 6.66. The standard InChI is InChI=1S/C11H11NOS/c1-7-3-4-9(8(2)5-7)10-6-14-11(13)12-10/h3-6H,1-2H3,(H,12,13). The third kappa shape index (κ3) is 1.63. The van der Waals surface area contributed by atoms with Crippen molar-refractivity contribution in [1.82, 2.24) is 4.98 Å². The highest BCUT2D eigenvalue weighted by Gasteiger charge is 2.03. The second-order valence-corrected chi connectivity index (χ2v) is 4.22. The number of aromatic amines is 1.